The molecule has 1 aromatic rings. The van der Waals surface area contributed by atoms with Crippen LogP contribution in [0.3, 0.4) is 0 Å². The fourth-order valence-electron chi connectivity index (χ4n) is 2.51. The first-order chi connectivity index (χ1) is 10.0. The van der Waals surface area contributed by atoms with E-state index >= 15 is 0 Å². The summed E-state index contributed by atoms with van der Waals surface area (Å²) in [6.07, 6.45) is 1.62. The van der Waals surface area contributed by atoms with Gasteiger partial charge < -0.3 is 15.4 Å². The molecule has 7 nitrogen and oxygen atoms in total. The summed E-state index contributed by atoms with van der Waals surface area (Å²) in [6, 6.07) is 4.52. The van der Waals surface area contributed by atoms with Crippen molar-refractivity contribution in [2.45, 2.75) is 31.8 Å². The Morgan fingerprint density at radius 1 is 1.52 bits per heavy atom. The zero-order chi connectivity index (χ0) is 15.4. The van der Waals surface area contributed by atoms with Crippen LogP contribution in [-0.2, 0) is 0 Å². The van der Waals surface area contributed by atoms with Crippen LogP contribution in [0, 0.1) is 10.1 Å². The number of hydrogen-bond donors (Lipinski definition) is 2. The minimum Gasteiger partial charge on any atom is -0.497 e. The molecule has 0 aromatic heterocycles. The topological polar surface area (TPSA) is 93.5 Å². The summed E-state index contributed by atoms with van der Waals surface area (Å²) in [6.45, 7) is 2.87. The van der Waals surface area contributed by atoms with Crippen LogP contribution in [0.2, 0.25) is 0 Å². The highest BCUT2D eigenvalue weighted by atomic mass is 16.6. The summed E-state index contributed by atoms with van der Waals surface area (Å²) in [4.78, 5) is 22.8. The van der Waals surface area contributed by atoms with E-state index in [1.807, 2.05) is 6.92 Å². The summed E-state index contributed by atoms with van der Waals surface area (Å²) in [5.74, 6) is -0.0101. The van der Waals surface area contributed by atoms with E-state index in [1.165, 1.54) is 25.3 Å². The van der Waals surface area contributed by atoms with E-state index in [-0.39, 0.29) is 17.3 Å². The van der Waals surface area contributed by atoms with E-state index in [0.717, 1.165) is 19.4 Å². The summed E-state index contributed by atoms with van der Waals surface area (Å²) < 4.78 is 5.03. The van der Waals surface area contributed by atoms with Gasteiger partial charge in [0.1, 0.15) is 11.3 Å². The standard InChI is InChI=1S/C14H19N3O4/c1-9-7-10(5-6-15-9)16-14(18)12-8-11(21-2)3-4-13(12)17(19)20/h3-4,8-10,15H,5-7H2,1-2H3,(H,16,18). The van der Waals surface area contributed by atoms with Crippen molar-refractivity contribution in [3.8, 4) is 5.75 Å². The van der Waals surface area contributed by atoms with E-state index in [9.17, 15) is 14.9 Å². The molecule has 1 heterocycles. The number of hydrogen-bond acceptors (Lipinski definition) is 5. The number of carbonyl (C=O) groups excluding carboxylic acids is 1. The summed E-state index contributed by atoms with van der Waals surface area (Å²) in [7, 11) is 1.46. The van der Waals surface area contributed by atoms with Gasteiger partial charge in [-0.25, -0.2) is 0 Å². The molecule has 0 radical (unpaired) electrons. The maximum atomic E-state index is 12.3. The molecule has 1 aliphatic rings. The second-order valence-corrected chi connectivity index (χ2v) is 5.19. The predicted molar refractivity (Wildman–Crippen MR) is 77.6 cm³/mol. The number of rotatable bonds is 4. The lowest BCUT2D eigenvalue weighted by Crippen LogP contribution is -2.46. The maximum Gasteiger partial charge on any atom is 0.282 e. The number of amides is 1. The molecule has 2 unspecified atom stereocenters. The molecule has 7 heteroatoms. The smallest absolute Gasteiger partial charge is 0.282 e. The third-order valence-electron chi connectivity index (χ3n) is 3.60. The normalized spacial score (nSPS) is 21.6. The van der Waals surface area contributed by atoms with Gasteiger partial charge in [-0.3, -0.25) is 14.9 Å². The average molecular weight is 293 g/mol. The molecule has 0 spiro atoms. The minimum absolute atomic E-state index is 0.0274. The second-order valence-electron chi connectivity index (χ2n) is 5.19. The fraction of sp³-hybridized carbons (Fsp3) is 0.500. The van der Waals surface area contributed by atoms with Gasteiger partial charge in [0.2, 0.25) is 0 Å². The van der Waals surface area contributed by atoms with Crippen molar-refractivity contribution < 1.29 is 14.5 Å². The van der Waals surface area contributed by atoms with Gasteiger partial charge in [-0.1, -0.05) is 0 Å². The molecule has 2 atom stereocenters. The zero-order valence-electron chi connectivity index (χ0n) is 12.1. The van der Waals surface area contributed by atoms with Crippen LogP contribution in [0.1, 0.15) is 30.1 Å². The molecule has 114 valence electrons. The van der Waals surface area contributed by atoms with E-state index in [0.29, 0.717) is 11.8 Å². The summed E-state index contributed by atoms with van der Waals surface area (Å²) >= 11 is 0. The highest BCUT2D eigenvalue weighted by Gasteiger charge is 2.25. The lowest BCUT2D eigenvalue weighted by atomic mass is 10.00. The third kappa shape index (κ3) is 3.69. The molecule has 0 saturated carbocycles. The number of carbonyl (C=O) groups is 1. The first-order valence-electron chi connectivity index (χ1n) is 6.88. The van der Waals surface area contributed by atoms with E-state index < -0.39 is 10.8 Å². The number of nitro benzene ring substituents is 1. The zero-order valence-corrected chi connectivity index (χ0v) is 12.1. The van der Waals surface area contributed by atoms with Gasteiger partial charge in [0, 0.05) is 18.2 Å². The number of methoxy groups -OCH3 is 1. The Hall–Kier alpha value is -2.15. The summed E-state index contributed by atoms with van der Waals surface area (Å²) in [5, 5.41) is 17.2. The van der Waals surface area contributed by atoms with Crippen molar-refractivity contribution in [1.29, 1.82) is 0 Å². The first-order valence-corrected chi connectivity index (χ1v) is 6.88. The Kier molecular flexibility index (Phi) is 4.74. The van der Waals surface area contributed by atoms with Gasteiger partial charge in [-0.15, -0.1) is 0 Å². The molecular formula is C14H19N3O4. The van der Waals surface area contributed by atoms with Gasteiger partial charge in [0.15, 0.2) is 0 Å². The molecule has 21 heavy (non-hydrogen) atoms. The SMILES string of the molecule is COc1ccc([N+](=O)[O-])c(C(=O)NC2CCNC(C)C2)c1. The molecular weight excluding hydrogens is 274 g/mol. The highest BCUT2D eigenvalue weighted by molar-refractivity contribution is 5.98. The number of piperidine rings is 1. The minimum atomic E-state index is -0.556. The van der Waals surface area contributed by atoms with Crippen LogP contribution < -0.4 is 15.4 Å². The molecule has 0 aliphatic carbocycles. The Bertz CT molecular complexity index is 547. The molecule has 1 saturated heterocycles. The van der Waals surface area contributed by atoms with Gasteiger partial charge in [0.25, 0.3) is 11.6 Å². The first kappa shape index (κ1) is 15.2. The maximum absolute atomic E-state index is 12.3. The van der Waals surface area contributed by atoms with Gasteiger partial charge in [0.05, 0.1) is 12.0 Å². The Labute approximate surface area is 122 Å². The lowest BCUT2D eigenvalue weighted by molar-refractivity contribution is -0.385. The van der Waals surface area contributed by atoms with Crippen molar-refractivity contribution in [1.82, 2.24) is 10.6 Å². The lowest BCUT2D eigenvalue weighted by Gasteiger charge is -2.28. The predicted octanol–water partition coefficient (Wildman–Crippen LogP) is 1.47. The largest absolute Gasteiger partial charge is 0.497 e. The van der Waals surface area contributed by atoms with Gasteiger partial charge >= 0.3 is 0 Å². The van der Waals surface area contributed by atoms with Crippen LogP contribution >= 0.6 is 0 Å². The van der Waals surface area contributed by atoms with Gasteiger partial charge in [-0.2, -0.15) is 0 Å². The van der Waals surface area contributed by atoms with Crippen LogP contribution in [0.4, 0.5) is 5.69 Å². The van der Waals surface area contributed by atoms with Crippen molar-refractivity contribution in [2.75, 3.05) is 13.7 Å². The Morgan fingerprint density at radius 2 is 2.29 bits per heavy atom. The molecule has 1 aromatic carbocycles. The number of nitrogens with zero attached hydrogens (tertiary/aromatic N) is 1. The molecule has 1 fully saturated rings. The highest BCUT2D eigenvalue weighted by Crippen LogP contribution is 2.24. The Morgan fingerprint density at radius 3 is 2.90 bits per heavy atom. The van der Waals surface area contributed by atoms with E-state index in [2.05, 4.69) is 10.6 Å². The number of ether oxygens (including phenoxy) is 1. The van der Waals surface area contributed by atoms with Crippen molar-refractivity contribution in [2.24, 2.45) is 0 Å². The van der Waals surface area contributed by atoms with Crippen molar-refractivity contribution in [3.05, 3.63) is 33.9 Å². The van der Waals surface area contributed by atoms with Crippen LogP contribution in [0.15, 0.2) is 18.2 Å². The average Bonchev–Trinajstić information content (AvgIpc) is 2.46. The quantitative estimate of drug-likeness (QED) is 0.647. The van der Waals surface area contributed by atoms with E-state index in [1.54, 1.807) is 0 Å². The molecule has 1 aliphatic heterocycles. The Balaban J connectivity index is 2.19. The van der Waals surface area contributed by atoms with Crippen LogP contribution in [0.25, 0.3) is 0 Å². The molecule has 1 amide bonds. The van der Waals surface area contributed by atoms with Gasteiger partial charge in [-0.05, 0) is 38.4 Å². The third-order valence-corrected chi connectivity index (χ3v) is 3.60. The monoisotopic (exact) mass is 293 g/mol. The van der Waals surface area contributed by atoms with Crippen LogP contribution in [0.5, 0.6) is 5.75 Å². The van der Waals surface area contributed by atoms with E-state index in [4.69, 9.17) is 4.74 Å². The van der Waals surface area contributed by atoms with Crippen LogP contribution in [-0.4, -0.2) is 36.6 Å². The number of nitro groups is 1. The molecule has 2 N–H and O–H groups in total. The second kappa shape index (κ2) is 6.53. The fourth-order valence-corrected chi connectivity index (χ4v) is 2.51. The molecule has 2 rings (SSSR count). The summed E-state index contributed by atoms with van der Waals surface area (Å²) in [5.41, 5.74) is -0.180. The number of nitrogens with one attached hydrogen (secondary N) is 2. The van der Waals surface area contributed by atoms with Crippen molar-refractivity contribution >= 4 is 11.6 Å². The number of benzene rings is 1. The molecule has 0 bridgehead atoms. The van der Waals surface area contributed by atoms with Crippen molar-refractivity contribution in [3.63, 3.8) is 0 Å².